The second-order valence-electron chi connectivity index (χ2n) is 4.11. The van der Waals surface area contributed by atoms with Crippen molar-refractivity contribution in [1.82, 2.24) is 0 Å². The van der Waals surface area contributed by atoms with Gasteiger partial charge in [-0.1, -0.05) is 19.1 Å². The second kappa shape index (κ2) is 4.68. The number of para-hydroxylation sites is 2. The van der Waals surface area contributed by atoms with Crippen LogP contribution in [0.25, 0.3) is 0 Å². The fourth-order valence-electron chi connectivity index (χ4n) is 1.59. The Morgan fingerprint density at radius 2 is 1.94 bits per heavy atom. The van der Waals surface area contributed by atoms with E-state index in [1.807, 2.05) is 0 Å². The van der Waals surface area contributed by atoms with Gasteiger partial charge in [0.25, 0.3) is 0 Å². The molecule has 4 heteroatoms. The summed E-state index contributed by atoms with van der Waals surface area (Å²) in [7, 11) is 0. The van der Waals surface area contributed by atoms with Crippen LogP contribution in [0.2, 0.25) is 0 Å². The standard InChI is InChI=1S/C12H14F2O2/c1-8-6-9(8)7-15-10-4-2-3-5-11(10)16-12(13)14/h2-5,8-9,12H,6-7H2,1H3/t8-,9?/m0/s1. The molecule has 2 atom stereocenters. The molecule has 0 saturated heterocycles. The Hall–Kier alpha value is -1.32. The quantitative estimate of drug-likeness (QED) is 0.769. The Bertz CT molecular complexity index is 355. The van der Waals surface area contributed by atoms with Crippen LogP contribution in [0, 0.1) is 11.8 Å². The molecule has 0 amide bonds. The van der Waals surface area contributed by atoms with Crippen LogP contribution in [-0.2, 0) is 0 Å². The number of hydrogen-bond acceptors (Lipinski definition) is 2. The van der Waals surface area contributed by atoms with Crippen molar-refractivity contribution in [2.24, 2.45) is 11.8 Å². The Balaban J connectivity index is 1.95. The van der Waals surface area contributed by atoms with E-state index >= 15 is 0 Å². The average Bonchev–Trinajstić information content (AvgIpc) is 2.93. The number of halogens is 2. The van der Waals surface area contributed by atoms with Crippen molar-refractivity contribution in [2.45, 2.75) is 20.0 Å². The zero-order valence-corrected chi connectivity index (χ0v) is 9.03. The Labute approximate surface area is 93.2 Å². The highest BCUT2D eigenvalue weighted by Crippen LogP contribution is 2.39. The largest absolute Gasteiger partial charge is 0.489 e. The Morgan fingerprint density at radius 1 is 1.31 bits per heavy atom. The van der Waals surface area contributed by atoms with E-state index in [2.05, 4.69) is 11.7 Å². The summed E-state index contributed by atoms with van der Waals surface area (Å²) in [6, 6.07) is 6.51. The summed E-state index contributed by atoms with van der Waals surface area (Å²) in [5, 5.41) is 0. The highest BCUT2D eigenvalue weighted by Gasteiger charge is 2.33. The van der Waals surface area contributed by atoms with Crippen molar-refractivity contribution in [3.8, 4) is 11.5 Å². The van der Waals surface area contributed by atoms with E-state index in [9.17, 15) is 8.78 Å². The van der Waals surface area contributed by atoms with E-state index in [-0.39, 0.29) is 5.75 Å². The normalized spacial score (nSPS) is 23.2. The number of alkyl halides is 2. The van der Waals surface area contributed by atoms with Gasteiger partial charge in [0.2, 0.25) is 0 Å². The van der Waals surface area contributed by atoms with Crippen LogP contribution in [0.15, 0.2) is 24.3 Å². The third-order valence-corrected chi connectivity index (χ3v) is 2.79. The average molecular weight is 228 g/mol. The maximum atomic E-state index is 12.1. The lowest BCUT2D eigenvalue weighted by atomic mass is 10.3. The van der Waals surface area contributed by atoms with E-state index in [0.29, 0.717) is 24.2 Å². The topological polar surface area (TPSA) is 18.5 Å². The van der Waals surface area contributed by atoms with Gasteiger partial charge in [0.1, 0.15) is 0 Å². The van der Waals surface area contributed by atoms with Crippen molar-refractivity contribution in [2.75, 3.05) is 6.61 Å². The molecule has 16 heavy (non-hydrogen) atoms. The monoisotopic (exact) mass is 228 g/mol. The number of ether oxygens (including phenoxy) is 2. The summed E-state index contributed by atoms with van der Waals surface area (Å²) >= 11 is 0. The molecule has 2 rings (SSSR count). The SMILES string of the molecule is C[C@H]1CC1COc1ccccc1OC(F)F. The fraction of sp³-hybridized carbons (Fsp3) is 0.500. The maximum absolute atomic E-state index is 12.1. The number of rotatable bonds is 5. The van der Waals surface area contributed by atoms with Crippen LogP contribution in [0.1, 0.15) is 13.3 Å². The van der Waals surface area contributed by atoms with Crippen molar-refractivity contribution in [3.63, 3.8) is 0 Å². The molecule has 0 spiro atoms. The molecule has 0 heterocycles. The third-order valence-electron chi connectivity index (χ3n) is 2.79. The highest BCUT2D eigenvalue weighted by atomic mass is 19.3. The molecule has 1 aliphatic carbocycles. The lowest BCUT2D eigenvalue weighted by Gasteiger charge is -2.11. The van der Waals surface area contributed by atoms with Gasteiger partial charge in [-0.05, 0) is 30.4 Å². The van der Waals surface area contributed by atoms with Crippen LogP contribution in [0.3, 0.4) is 0 Å². The van der Waals surface area contributed by atoms with E-state index in [1.54, 1.807) is 18.2 Å². The lowest BCUT2D eigenvalue weighted by molar-refractivity contribution is -0.0515. The minimum Gasteiger partial charge on any atom is -0.489 e. The molecule has 1 aromatic carbocycles. The Kier molecular flexibility index (Phi) is 3.27. The van der Waals surface area contributed by atoms with Crippen molar-refractivity contribution in [3.05, 3.63) is 24.3 Å². The molecule has 1 aromatic rings. The second-order valence-corrected chi connectivity index (χ2v) is 4.11. The van der Waals surface area contributed by atoms with Gasteiger partial charge in [-0.2, -0.15) is 8.78 Å². The zero-order chi connectivity index (χ0) is 11.5. The van der Waals surface area contributed by atoms with Crippen molar-refractivity contribution in [1.29, 1.82) is 0 Å². The van der Waals surface area contributed by atoms with Crippen LogP contribution >= 0.6 is 0 Å². The molecular weight excluding hydrogens is 214 g/mol. The molecule has 0 bridgehead atoms. The zero-order valence-electron chi connectivity index (χ0n) is 9.03. The first-order valence-corrected chi connectivity index (χ1v) is 5.33. The molecule has 1 saturated carbocycles. The van der Waals surface area contributed by atoms with E-state index in [0.717, 1.165) is 6.42 Å². The predicted molar refractivity (Wildman–Crippen MR) is 55.8 cm³/mol. The van der Waals surface area contributed by atoms with Crippen LogP contribution < -0.4 is 9.47 Å². The molecule has 2 nitrogen and oxygen atoms in total. The summed E-state index contributed by atoms with van der Waals surface area (Å²) in [4.78, 5) is 0. The first-order valence-electron chi connectivity index (χ1n) is 5.33. The maximum Gasteiger partial charge on any atom is 0.387 e. The summed E-state index contributed by atoms with van der Waals surface area (Å²) < 4.78 is 34.0. The Morgan fingerprint density at radius 3 is 2.50 bits per heavy atom. The van der Waals surface area contributed by atoms with Crippen LogP contribution in [0.4, 0.5) is 8.78 Å². The smallest absolute Gasteiger partial charge is 0.387 e. The lowest BCUT2D eigenvalue weighted by Crippen LogP contribution is -2.06. The van der Waals surface area contributed by atoms with Gasteiger partial charge in [-0.3, -0.25) is 0 Å². The van der Waals surface area contributed by atoms with Crippen LogP contribution in [0.5, 0.6) is 11.5 Å². The fourth-order valence-corrected chi connectivity index (χ4v) is 1.59. The van der Waals surface area contributed by atoms with E-state index < -0.39 is 6.61 Å². The summed E-state index contributed by atoms with van der Waals surface area (Å²) in [5.74, 6) is 1.73. The number of hydrogen-bond donors (Lipinski definition) is 0. The molecular formula is C12H14F2O2. The van der Waals surface area contributed by atoms with Gasteiger partial charge < -0.3 is 9.47 Å². The van der Waals surface area contributed by atoms with Gasteiger partial charge in [-0.15, -0.1) is 0 Å². The minimum atomic E-state index is -2.82. The molecule has 1 fully saturated rings. The molecule has 1 aliphatic rings. The molecule has 0 N–H and O–H groups in total. The first kappa shape index (κ1) is 11.2. The van der Waals surface area contributed by atoms with E-state index in [4.69, 9.17) is 4.74 Å². The molecule has 88 valence electrons. The molecule has 1 unspecified atom stereocenters. The van der Waals surface area contributed by atoms with Gasteiger partial charge in [0, 0.05) is 0 Å². The molecule has 0 aromatic heterocycles. The van der Waals surface area contributed by atoms with Crippen molar-refractivity contribution < 1.29 is 18.3 Å². The van der Waals surface area contributed by atoms with Crippen LogP contribution in [-0.4, -0.2) is 13.2 Å². The van der Waals surface area contributed by atoms with Gasteiger partial charge in [0.15, 0.2) is 11.5 Å². The summed E-state index contributed by atoms with van der Waals surface area (Å²) in [6.07, 6.45) is 1.15. The van der Waals surface area contributed by atoms with Gasteiger partial charge in [-0.25, -0.2) is 0 Å². The molecule has 0 radical (unpaired) electrons. The highest BCUT2D eigenvalue weighted by molar-refractivity contribution is 5.39. The third kappa shape index (κ3) is 2.84. The van der Waals surface area contributed by atoms with Gasteiger partial charge >= 0.3 is 6.61 Å². The first-order chi connectivity index (χ1) is 7.66. The minimum absolute atomic E-state index is 0.103. The van der Waals surface area contributed by atoms with Gasteiger partial charge in [0.05, 0.1) is 6.61 Å². The molecule has 0 aliphatic heterocycles. The van der Waals surface area contributed by atoms with E-state index in [1.165, 1.54) is 6.07 Å². The number of benzene rings is 1. The van der Waals surface area contributed by atoms with Crippen molar-refractivity contribution >= 4 is 0 Å². The summed E-state index contributed by atoms with van der Waals surface area (Å²) in [5.41, 5.74) is 0. The predicted octanol–water partition coefficient (Wildman–Crippen LogP) is 3.32. The summed E-state index contributed by atoms with van der Waals surface area (Å²) in [6.45, 7) is -0.0926.